The van der Waals surface area contributed by atoms with Gasteiger partial charge < -0.3 is 20.3 Å². The second-order valence-corrected chi connectivity index (χ2v) is 19.0. The third kappa shape index (κ3) is 46.4. The molecule has 0 saturated carbocycles. The SMILES string of the molecule is CCCCC/C=C/C=C/CCCCCCC(CC(=O)NC(CO)C(O)CCCCCCCCCCCCCCCCCC)OC(=O)CCCCCCCCC/C=C\CCCCCC. The van der Waals surface area contributed by atoms with Crippen molar-refractivity contribution >= 4 is 11.9 Å². The summed E-state index contributed by atoms with van der Waals surface area (Å²) in [4.78, 5) is 26.2. The van der Waals surface area contributed by atoms with Crippen molar-refractivity contribution in [3.63, 3.8) is 0 Å². The molecule has 0 aromatic carbocycles. The molecule has 0 aliphatic heterocycles. The average Bonchev–Trinajstić information content (AvgIpc) is 3.28. The average molecular weight is 886 g/mol. The molecule has 0 aliphatic carbocycles. The topological polar surface area (TPSA) is 95.9 Å². The molecule has 0 aromatic heterocycles. The highest BCUT2D eigenvalue weighted by Crippen LogP contribution is 2.18. The molecule has 0 fully saturated rings. The van der Waals surface area contributed by atoms with Gasteiger partial charge in [-0.2, -0.15) is 0 Å². The van der Waals surface area contributed by atoms with Crippen LogP contribution in [0.15, 0.2) is 36.5 Å². The molecule has 0 bridgehead atoms. The fourth-order valence-corrected chi connectivity index (χ4v) is 8.48. The molecule has 0 spiro atoms. The fourth-order valence-electron chi connectivity index (χ4n) is 8.48. The lowest BCUT2D eigenvalue weighted by molar-refractivity contribution is -0.151. The summed E-state index contributed by atoms with van der Waals surface area (Å²) in [6.45, 7) is 6.46. The molecular weight excluding hydrogens is 779 g/mol. The van der Waals surface area contributed by atoms with Gasteiger partial charge in [-0.15, -0.1) is 0 Å². The summed E-state index contributed by atoms with van der Waals surface area (Å²) in [6.07, 6.45) is 60.6. The van der Waals surface area contributed by atoms with E-state index in [4.69, 9.17) is 4.74 Å². The molecule has 6 nitrogen and oxygen atoms in total. The Labute approximate surface area is 392 Å². The van der Waals surface area contributed by atoms with E-state index in [1.807, 2.05) is 0 Å². The van der Waals surface area contributed by atoms with Crippen molar-refractivity contribution in [2.75, 3.05) is 6.61 Å². The van der Waals surface area contributed by atoms with Crippen LogP contribution < -0.4 is 5.32 Å². The van der Waals surface area contributed by atoms with Crippen LogP contribution in [0.1, 0.15) is 290 Å². The molecule has 0 heterocycles. The number of carbonyl (C=O) groups is 2. The number of nitrogens with one attached hydrogen (secondary N) is 1. The van der Waals surface area contributed by atoms with E-state index in [2.05, 4.69) is 62.5 Å². The molecule has 0 rings (SSSR count). The summed E-state index contributed by atoms with van der Waals surface area (Å²) < 4.78 is 5.94. The quantitative estimate of drug-likeness (QED) is 0.0245. The molecule has 3 unspecified atom stereocenters. The number of ether oxygens (including phenoxy) is 1. The Hall–Kier alpha value is -1.92. The van der Waals surface area contributed by atoms with Crippen molar-refractivity contribution in [1.82, 2.24) is 5.32 Å². The standard InChI is InChI=1S/C57H107NO5/c1-4-7-10-13-16-19-22-25-27-29-31-34-37-40-43-46-49-55(60)54(52-59)58-56(61)51-53(48-45-42-39-36-33-30-24-21-18-15-12-9-6-3)63-57(62)50-47-44-41-38-35-32-28-26-23-20-17-14-11-8-5-2/h18,20-21,23-24,30,53-55,59-60H,4-17,19,22,25-29,31-52H2,1-3H3,(H,58,61)/b21-18+,23-20-,30-24+. The van der Waals surface area contributed by atoms with Crippen molar-refractivity contribution in [1.29, 1.82) is 0 Å². The van der Waals surface area contributed by atoms with Gasteiger partial charge in [-0.25, -0.2) is 0 Å². The molecule has 3 atom stereocenters. The van der Waals surface area contributed by atoms with Crippen molar-refractivity contribution in [2.45, 2.75) is 309 Å². The van der Waals surface area contributed by atoms with Crippen molar-refractivity contribution < 1.29 is 24.5 Å². The number of unbranched alkanes of at least 4 members (excludes halogenated alkanes) is 33. The van der Waals surface area contributed by atoms with Crippen LogP contribution in [0, 0.1) is 0 Å². The highest BCUT2D eigenvalue weighted by molar-refractivity contribution is 5.77. The number of rotatable bonds is 50. The van der Waals surface area contributed by atoms with Crippen molar-refractivity contribution in [3.05, 3.63) is 36.5 Å². The van der Waals surface area contributed by atoms with Gasteiger partial charge in [0.25, 0.3) is 0 Å². The summed E-state index contributed by atoms with van der Waals surface area (Å²) in [7, 11) is 0. The molecule has 0 radical (unpaired) electrons. The maximum atomic E-state index is 13.2. The van der Waals surface area contributed by atoms with E-state index in [-0.39, 0.29) is 24.9 Å². The summed E-state index contributed by atoms with van der Waals surface area (Å²) >= 11 is 0. The maximum absolute atomic E-state index is 13.2. The number of carbonyl (C=O) groups excluding carboxylic acids is 2. The highest BCUT2D eigenvalue weighted by atomic mass is 16.5. The highest BCUT2D eigenvalue weighted by Gasteiger charge is 2.24. The largest absolute Gasteiger partial charge is 0.462 e. The van der Waals surface area contributed by atoms with Crippen LogP contribution in [-0.4, -0.2) is 46.9 Å². The zero-order valence-corrected chi connectivity index (χ0v) is 42.2. The lowest BCUT2D eigenvalue weighted by Crippen LogP contribution is -2.46. The Balaban J connectivity index is 4.54. The van der Waals surface area contributed by atoms with Gasteiger partial charge in [0, 0.05) is 6.42 Å². The molecule has 0 aromatic rings. The van der Waals surface area contributed by atoms with Crippen molar-refractivity contribution in [2.24, 2.45) is 0 Å². The zero-order chi connectivity index (χ0) is 45.9. The van der Waals surface area contributed by atoms with Gasteiger partial charge >= 0.3 is 5.97 Å². The lowest BCUT2D eigenvalue weighted by Gasteiger charge is -2.24. The Kier molecular flexibility index (Phi) is 49.5. The minimum absolute atomic E-state index is 0.0649. The smallest absolute Gasteiger partial charge is 0.306 e. The van der Waals surface area contributed by atoms with Crippen LogP contribution in [0.25, 0.3) is 0 Å². The molecule has 6 heteroatoms. The van der Waals surface area contributed by atoms with Crippen LogP contribution in [0.3, 0.4) is 0 Å². The van der Waals surface area contributed by atoms with Gasteiger partial charge in [0.1, 0.15) is 6.10 Å². The van der Waals surface area contributed by atoms with E-state index in [0.29, 0.717) is 19.3 Å². The van der Waals surface area contributed by atoms with Gasteiger partial charge in [-0.05, 0) is 77.0 Å². The lowest BCUT2D eigenvalue weighted by atomic mass is 10.0. The van der Waals surface area contributed by atoms with E-state index in [1.165, 1.54) is 173 Å². The number of amides is 1. The Morgan fingerprint density at radius 1 is 0.460 bits per heavy atom. The number of hydrogen-bond donors (Lipinski definition) is 3. The van der Waals surface area contributed by atoms with Crippen LogP contribution in [0.5, 0.6) is 0 Å². The normalized spacial score (nSPS) is 13.4. The summed E-state index contributed by atoms with van der Waals surface area (Å²) in [5.74, 6) is -0.488. The Bertz CT molecular complexity index is 1040. The number of aliphatic hydroxyl groups is 2. The summed E-state index contributed by atoms with van der Waals surface area (Å²) in [5, 5.41) is 23.8. The van der Waals surface area contributed by atoms with Crippen LogP contribution in [-0.2, 0) is 14.3 Å². The first kappa shape index (κ1) is 61.1. The molecule has 0 aliphatic rings. The van der Waals surface area contributed by atoms with Crippen LogP contribution in [0.4, 0.5) is 0 Å². The predicted octanol–water partition coefficient (Wildman–Crippen LogP) is 16.8. The molecule has 63 heavy (non-hydrogen) atoms. The van der Waals surface area contributed by atoms with Crippen LogP contribution in [0.2, 0.25) is 0 Å². The summed E-state index contributed by atoms with van der Waals surface area (Å²) in [5.41, 5.74) is 0. The number of esters is 1. The van der Waals surface area contributed by atoms with E-state index in [9.17, 15) is 19.8 Å². The van der Waals surface area contributed by atoms with Crippen molar-refractivity contribution in [3.8, 4) is 0 Å². The van der Waals surface area contributed by atoms with Crippen LogP contribution >= 0.6 is 0 Å². The molecule has 370 valence electrons. The molecule has 0 saturated heterocycles. The van der Waals surface area contributed by atoms with E-state index in [1.54, 1.807) is 0 Å². The molecular formula is C57H107NO5. The number of allylic oxidation sites excluding steroid dienone is 6. The van der Waals surface area contributed by atoms with Gasteiger partial charge in [0.05, 0.1) is 25.2 Å². The third-order valence-electron chi connectivity index (χ3n) is 12.7. The second kappa shape index (κ2) is 51.1. The van der Waals surface area contributed by atoms with Gasteiger partial charge in [-0.1, -0.05) is 237 Å². The maximum Gasteiger partial charge on any atom is 0.306 e. The Morgan fingerprint density at radius 2 is 0.810 bits per heavy atom. The predicted molar refractivity (Wildman–Crippen MR) is 273 cm³/mol. The first-order valence-corrected chi connectivity index (χ1v) is 27.7. The van der Waals surface area contributed by atoms with E-state index < -0.39 is 18.2 Å². The minimum atomic E-state index is -0.792. The van der Waals surface area contributed by atoms with E-state index >= 15 is 0 Å². The Morgan fingerprint density at radius 3 is 1.27 bits per heavy atom. The van der Waals surface area contributed by atoms with Gasteiger partial charge in [-0.3, -0.25) is 9.59 Å². The zero-order valence-electron chi connectivity index (χ0n) is 42.2. The summed E-state index contributed by atoms with van der Waals surface area (Å²) in [6, 6.07) is -0.707. The third-order valence-corrected chi connectivity index (χ3v) is 12.7. The second-order valence-electron chi connectivity index (χ2n) is 19.0. The first-order chi connectivity index (χ1) is 31.0. The molecule has 3 N–H and O–H groups in total. The van der Waals surface area contributed by atoms with Gasteiger partial charge in [0.2, 0.25) is 5.91 Å². The van der Waals surface area contributed by atoms with Gasteiger partial charge in [0.15, 0.2) is 0 Å². The number of hydrogen-bond acceptors (Lipinski definition) is 5. The molecule has 1 amide bonds. The minimum Gasteiger partial charge on any atom is -0.462 e. The fraction of sp³-hybridized carbons (Fsp3) is 0.860. The number of aliphatic hydroxyl groups excluding tert-OH is 2. The van der Waals surface area contributed by atoms with E-state index in [0.717, 1.165) is 70.6 Å². The monoisotopic (exact) mass is 886 g/mol. The first-order valence-electron chi connectivity index (χ1n) is 27.7.